The smallest absolute Gasteiger partial charge is 0.0551 e. The number of benzene rings is 1. The standard InChI is InChI=1S/C16H23BrClN/c1-3-19-16(12-6-4-5-11(2)9-12)13-7-8-14(17)15(18)10-13/h7-8,10-12,16,19H,3-6,9H2,1-2H3. The third-order valence-corrected chi connectivity index (χ3v) is 5.41. The highest BCUT2D eigenvalue weighted by molar-refractivity contribution is 9.10. The van der Waals surface area contributed by atoms with Crippen LogP contribution in [0.25, 0.3) is 0 Å². The van der Waals surface area contributed by atoms with Crippen molar-refractivity contribution in [1.82, 2.24) is 5.32 Å². The first-order valence-electron chi connectivity index (χ1n) is 7.30. The zero-order chi connectivity index (χ0) is 13.8. The molecule has 0 saturated heterocycles. The Morgan fingerprint density at radius 3 is 2.84 bits per heavy atom. The predicted octanol–water partition coefficient (Wildman–Crippen LogP) is 5.58. The van der Waals surface area contributed by atoms with Crippen LogP contribution >= 0.6 is 27.5 Å². The molecule has 0 bridgehead atoms. The van der Waals surface area contributed by atoms with Crippen LogP contribution in [0.1, 0.15) is 51.1 Å². The largest absolute Gasteiger partial charge is 0.310 e. The van der Waals surface area contributed by atoms with Crippen LogP contribution < -0.4 is 5.32 Å². The molecule has 1 aliphatic carbocycles. The Hall–Kier alpha value is -0.0500. The first-order valence-corrected chi connectivity index (χ1v) is 8.47. The average molecular weight is 345 g/mol. The Balaban J connectivity index is 2.20. The van der Waals surface area contributed by atoms with Crippen molar-refractivity contribution in [2.45, 2.75) is 45.6 Å². The number of nitrogens with one attached hydrogen (secondary N) is 1. The molecule has 3 atom stereocenters. The molecule has 1 nitrogen and oxygen atoms in total. The van der Waals surface area contributed by atoms with Crippen molar-refractivity contribution in [2.75, 3.05) is 6.54 Å². The molecule has 1 N–H and O–H groups in total. The zero-order valence-electron chi connectivity index (χ0n) is 11.8. The second kappa shape index (κ2) is 7.10. The molecule has 2 rings (SSSR count). The fourth-order valence-electron chi connectivity index (χ4n) is 3.27. The summed E-state index contributed by atoms with van der Waals surface area (Å²) in [4.78, 5) is 0. The van der Waals surface area contributed by atoms with Crippen molar-refractivity contribution in [3.63, 3.8) is 0 Å². The van der Waals surface area contributed by atoms with Crippen LogP contribution in [0.2, 0.25) is 5.02 Å². The van der Waals surface area contributed by atoms with Crippen molar-refractivity contribution < 1.29 is 0 Å². The summed E-state index contributed by atoms with van der Waals surface area (Å²) in [5.41, 5.74) is 1.33. The lowest BCUT2D eigenvalue weighted by Gasteiger charge is -2.34. The molecule has 1 aromatic rings. The molecule has 106 valence electrons. The van der Waals surface area contributed by atoms with Crippen LogP contribution in [0.4, 0.5) is 0 Å². The summed E-state index contributed by atoms with van der Waals surface area (Å²) in [6.07, 6.45) is 5.40. The highest BCUT2D eigenvalue weighted by atomic mass is 79.9. The Morgan fingerprint density at radius 1 is 1.42 bits per heavy atom. The minimum Gasteiger partial charge on any atom is -0.310 e. The number of hydrogen-bond acceptors (Lipinski definition) is 1. The van der Waals surface area contributed by atoms with Crippen LogP contribution in [0, 0.1) is 11.8 Å². The fraction of sp³-hybridized carbons (Fsp3) is 0.625. The Bertz CT molecular complexity index is 421. The van der Waals surface area contributed by atoms with E-state index < -0.39 is 0 Å². The summed E-state index contributed by atoms with van der Waals surface area (Å²) in [5, 5.41) is 4.47. The Morgan fingerprint density at radius 2 is 2.21 bits per heavy atom. The summed E-state index contributed by atoms with van der Waals surface area (Å²) in [7, 11) is 0. The third-order valence-electron chi connectivity index (χ3n) is 4.18. The molecular weight excluding hydrogens is 322 g/mol. The fourth-order valence-corrected chi connectivity index (χ4v) is 3.70. The zero-order valence-corrected chi connectivity index (χ0v) is 14.1. The molecule has 3 heteroatoms. The lowest BCUT2D eigenvalue weighted by atomic mass is 9.76. The SMILES string of the molecule is CCNC(c1ccc(Br)c(Cl)c1)C1CCCC(C)C1. The van der Waals surface area contributed by atoms with Gasteiger partial charge in [0.05, 0.1) is 5.02 Å². The molecule has 0 aromatic heterocycles. The minimum atomic E-state index is 0.443. The monoisotopic (exact) mass is 343 g/mol. The maximum atomic E-state index is 6.25. The van der Waals surface area contributed by atoms with Crippen LogP contribution in [0.5, 0.6) is 0 Å². The number of hydrogen-bond donors (Lipinski definition) is 1. The van der Waals surface area contributed by atoms with E-state index in [4.69, 9.17) is 11.6 Å². The highest BCUT2D eigenvalue weighted by Crippen LogP contribution is 2.38. The van der Waals surface area contributed by atoms with Gasteiger partial charge in [-0.2, -0.15) is 0 Å². The predicted molar refractivity (Wildman–Crippen MR) is 86.7 cm³/mol. The lowest BCUT2D eigenvalue weighted by Crippen LogP contribution is -2.31. The van der Waals surface area contributed by atoms with E-state index in [1.54, 1.807) is 0 Å². The summed E-state index contributed by atoms with van der Waals surface area (Å²) < 4.78 is 0.977. The number of halogens is 2. The molecule has 0 spiro atoms. The van der Waals surface area contributed by atoms with Crippen molar-refractivity contribution in [2.24, 2.45) is 11.8 Å². The molecule has 3 unspecified atom stereocenters. The molecule has 0 aliphatic heterocycles. The summed E-state index contributed by atoms with van der Waals surface area (Å²) in [6.45, 7) is 5.56. The van der Waals surface area contributed by atoms with Gasteiger partial charge in [0.15, 0.2) is 0 Å². The second-order valence-corrected chi connectivity index (χ2v) is 7.00. The molecule has 1 fully saturated rings. The van der Waals surface area contributed by atoms with Crippen molar-refractivity contribution in [3.05, 3.63) is 33.3 Å². The topological polar surface area (TPSA) is 12.0 Å². The van der Waals surface area contributed by atoms with Crippen LogP contribution in [0.3, 0.4) is 0 Å². The van der Waals surface area contributed by atoms with Crippen molar-refractivity contribution in [3.8, 4) is 0 Å². The van der Waals surface area contributed by atoms with Crippen LogP contribution in [-0.2, 0) is 0 Å². The van der Waals surface area contributed by atoms with E-state index in [-0.39, 0.29) is 0 Å². The quantitative estimate of drug-likeness (QED) is 0.752. The third kappa shape index (κ3) is 3.96. The van der Waals surface area contributed by atoms with Gasteiger partial charge >= 0.3 is 0 Å². The van der Waals surface area contributed by atoms with Gasteiger partial charge in [-0.3, -0.25) is 0 Å². The van der Waals surface area contributed by atoms with Crippen molar-refractivity contribution in [1.29, 1.82) is 0 Å². The first-order chi connectivity index (χ1) is 9.11. The first kappa shape index (κ1) is 15.3. The molecule has 1 aliphatic rings. The molecule has 1 saturated carbocycles. The van der Waals surface area contributed by atoms with E-state index >= 15 is 0 Å². The van der Waals surface area contributed by atoms with E-state index in [2.05, 4.69) is 53.3 Å². The molecule has 0 amide bonds. The van der Waals surface area contributed by atoms with Gasteiger partial charge in [-0.1, -0.05) is 44.4 Å². The maximum Gasteiger partial charge on any atom is 0.0551 e. The number of rotatable bonds is 4. The van der Waals surface area contributed by atoms with E-state index in [9.17, 15) is 0 Å². The van der Waals surface area contributed by atoms with E-state index in [1.807, 2.05) is 0 Å². The molecule has 1 aromatic carbocycles. The van der Waals surface area contributed by atoms with Gasteiger partial charge in [-0.05, 0) is 64.8 Å². The van der Waals surface area contributed by atoms with Gasteiger partial charge in [0.1, 0.15) is 0 Å². The molecule has 0 heterocycles. The minimum absolute atomic E-state index is 0.443. The molecule has 19 heavy (non-hydrogen) atoms. The van der Waals surface area contributed by atoms with Crippen LogP contribution in [0.15, 0.2) is 22.7 Å². The summed E-state index contributed by atoms with van der Waals surface area (Å²) >= 11 is 9.72. The Kier molecular flexibility index (Phi) is 5.73. The van der Waals surface area contributed by atoms with Gasteiger partial charge in [0, 0.05) is 10.5 Å². The molecular formula is C16H23BrClN. The lowest BCUT2D eigenvalue weighted by molar-refractivity contribution is 0.225. The van der Waals surface area contributed by atoms with Gasteiger partial charge in [0.25, 0.3) is 0 Å². The molecule has 0 radical (unpaired) electrons. The van der Waals surface area contributed by atoms with Crippen LogP contribution in [-0.4, -0.2) is 6.54 Å². The van der Waals surface area contributed by atoms with Crippen molar-refractivity contribution >= 4 is 27.5 Å². The van der Waals surface area contributed by atoms with Gasteiger partial charge in [-0.15, -0.1) is 0 Å². The summed E-state index contributed by atoms with van der Waals surface area (Å²) in [5.74, 6) is 1.59. The Labute approximate surface area is 130 Å². The van der Waals surface area contributed by atoms with Gasteiger partial charge < -0.3 is 5.32 Å². The second-order valence-electron chi connectivity index (χ2n) is 5.74. The summed E-state index contributed by atoms with van der Waals surface area (Å²) in [6, 6.07) is 6.81. The normalized spacial score (nSPS) is 25.3. The highest BCUT2D eigenvalue weighted by Gasteiger charge is 2.27. The average Bonchev–Trinajstić information content (AvgIpc) is 2.39. The van der Waals surface area contributed by atoms with Gasteiger partial charge in [-0.25, -0.2) is 0 Å². The van der Waals surface area contributed by atoms with Gasteiger partial charge in [0.2, 0.25) is 0 Å². The maximum absolute atomic E-state index is 6.25. The van der Waals surface area contributed by atoms with E-state index in [0.717, 1.165) is 27.9 Å². The van der Waals surface area contributed by atoms with E-state index in [0.29, 0.717) is 6.04 Å². The van der Waals surface area contributed by atoms with E-state index in [1.165, 1.54) is 31.2 Å².